The number of benzene rings is 1. The van der Waals surface area contributed by atoms with Gasteiger partial charge in [-0.3, -0.25) is 4.79 Å². The summed E-state index contributed by atoms with van der Waals surface area (Å²) in [6.45, 7) is 9.01. The standard InChI is InChI=1S/C16H26N2OS/c1-11(2)10-18-16(19)13(4)20-15-8-6-14(7-9-15)12(3)17-5/h6-9,11-13,17H,10H2,1-5H3,(H,18,19). The second kappa shape index (κ2) is 8.32. The third kappa shape index (κ3) is 5.55. The zero-order valence-corrected chi connectivity index (χ0v) is 13.9. The van der Waals surface area contributed by atoms with E-state index in [1.807, 2.05) is 14.0 Å². The van der Waals surface area contributed by atoms with Gasteiger partial charge in [0.25, 0.3) is 0 Å². The van der Waals surface area contributed by atoms with Crippen molar-refractivity contribution in [3.8, 4) is 0 Å². The molecule has 0 aromatic heterocycles. The molecule has 2 unspecified atom stereocenters. The molecule has 0 spiro atoms. The predicted molar refractivity (Wildman–Crippen MR) is 87.1 cm³/mol. The first-order valence-electron chi connectivity index (χ1n) is 7.15. The molecule has 0 aliphatic carbocycles. The van der Waals surface area contributed by atoms with Crippen LogP contribution in [0.3, 0.4) is 0 Å². The molecular weight excluding hydrogens is 268 g/mol. The van der Waals surface area contributed by atoms with Crippen molar-refractivity contribution in [1.29, 1.82) is 0 Å². The molecule has 0 fully saturated rings. The quantitative estimate of drug-likeness (QED) is 0.759. The van der Waals surface area contributed by atoms with Gasteiger partial charge in [-0.1, -0.05) is 26.0 Å². The van der Waals surface area contributed by atoms with E-state index in [1.54, 1.807) is 11.8 Å². The molecule has 0 aliphatic heterocycles. The summed E-state index contributed by atoms with van der Waals surface area (Å²) >= 11 is 1.60. The van der Waals surface area contributed by atoms with Crippen molar-refractivity contribution in [2.45, 2.75) is 43.9 Å². The molecule has 0 radical (unpaired) electrons. The normalized spacial score (nSPS) is 14.1. The number of hydrogen-bond acceptors (Lipinski definition) is 3. The van der Waals surface area contributed by atoms with Crippen LogP contribution in [-0.2, 0) is 4.79 Å². The van der Waals surface area contributed by atoms with Crippen molar-refractivity contribution in [3.63, 3.8) is 0 Å². The van der Waals surface area contributed by atoms with Gasteiger partial charge in [0.1, 0.15) is 0 Å². The van der Waals surface area contributed by atoms with Gasteiger partial charge in [0, 0.05) is 17.5 Å². The molecule has 20 heavy (non-hydrogen) atoms. The molecule has 0 bridgehead atoms. The van der Waals surface area contributed by atoms with Gasteiger partial charge in [0.2, 0.25) is 5.91 Å². The van der Waals surface area contributed by atoms with Crippen molar-refractivity contribution in [2.75, 3.05) is 13.6 Å². The zero-order chi connectivity index (χ0) is 15.1. The molecule has 1 amide bonds. The number of nitrogens with one attached hydrogen (secondary N) is 2. The van der Waals surface area contributed by atoms with E-state index in [4.69, 9.17) is 0 Å². The summed E-state index contributed by atoms with van der Waals surface area (Å²) < 4.78 is 0. The van der Waals surface area contributed by atoms with Crippen molar-refractivity contribution >= 4 is 17.7 Å². The van der Waals surface area contributed by atoms with Crippen molar-refractivity contribution in [2.24, 2.45) is 5.92 Å². The minimum absolute atomic E-state index is 0.0682. The van der Waals surface area contributed by atoms with Crippen LogP contribution in [0.2, 0.25) is 0 Å². The van der Waals surface area contributed by atoms with Crippen LogP contribution < -0.4 is 10.6 Å². The van der Waals surface area contributed by atoms with Gasteiger partial charge in [-0.25, -0.2) is 0 Å². The molecule has 0 saturated heterocycles. The largest absolute Gasteiger partial charge is 0.355 e. The van der Waals surface area contributed by atoms with E-state index in [1.165, 1.54) is 5.56 Å². The number of amides is 1. The van der Waals surface area contributed by atoms with Crippen molar-refractivity contribution in [3.05, 3.63) is 29.8 Å². The molecule has 4 heteroatoms. The van der Waals surface area contributed by atoms with Gasteiger partial charge in [0.15, 0.2) is 0 Å². The highest BCUT2D eigenvalue weighted by Gasteiger charge is 2.14. The number of carbonyl (C=O) groups excluding carboxylic acids is 1. The summed E-state index contributed by atoms with van der Waals surface area (Å²) in [6, 6.07) is 8.74. The van der Waals surface area contributed by atoms with E-state index in [9.17, 15) is 4.79 Å². The Labute approximate surface area is 126 Å². The number of rotatable bonds is 7. The minimum atomic E-state index is -0.0682. The molecule has 1 aromatic rings. The molecule has 2 N–H and O–H groups in total. The monoisotopic (exact) mass is 294 g/mol. The lowest BCUT2D eigenvalue weighted by Gasteiger charge is -2.14. The minimum Gasteiger partial charge on any atom is -0.355 e. The highest BCUT2D eigenvalue weighted by Crippen LogP contribution is 2.25. The van der Waals surface area contributed by atoms with Gasteiger partial charge >= 0.3 is 0 Å². The summed E-state index contributed by atoms with van der Waals surface area (Å²) in [7, 11) is 1.95. The summed E-state index contributed by atoms with van der Waals surface area (Å²) in [6.07, 6.45) is 0. The van der Waals surface area contributed by atoms with Gasteiger partial charge in [0.05, 0.1) is 5.25 Å². The van der Waals surface area contributed by atoms with Crippen molar-refractivity contribution in [1.82, 2.24) is 10.6 Å². The molecule has 0 heterocycles. The van der Waals surface area contributed by atoms with Gasteiger partial charge in [-0.15, -0.1) is 11.8 Å². The smallest absolute Gasteiger partial charge is 0.233 e. The second-order valence-electron chi connectivity index (χ2n) is 5.48. The van der Waals surface area contributed by atoms with Crippen LogP contribution in [0.5, 0.6) is 0 Å². The molecule has 0 aliphatic rings. The Morgan fingerprint density at radius 1 is 1.15 bits per heavy atom. The van der Waals surface area contributed by atoms with E-state index in [-0.39, 0.29) is 11.2 Å². The lowest BCUT2D eigenvalue weighted by molar-refractivity contribution is -0.120. The first-order chi connectivity index (χ1) is 9.43. The molecule has 112 valence electrons. The molecule has 3 nitrogen and oxygen atoms in total. The fourth-order valence-electron chi connectivity index (χ4n) is 1.71. The second-order valence-corrected chi connectivity index (χ2v) is 6.89. The lowest BCUT2D eigenvalue weighted by atomic mass is 10.1. The van der Waals surface area contributed by atoms with E-state index in [0.29, 0.717) is 12.0 Å². The molecule has 1 rings (SSSR count). The van der Waals surface area contributed by atoms with E-state index >= 15 is 0 Å². The van der Waals surface area contributed by atoms with Crippen LogP contribution in [0.4, 0.5) is 0 Å². The fourth-order valence-corrected chi connectivity index (χ4v) is 2.60. The first kappa shape index (κ1) is 17.1. The zero-order valence-electron chi connectivity index (χ0n) is 13.1. The number of thioether (sulfide) groups is 1. The van der Waals surface area contributed by atoms with Crippen molar-refractivity contribution < 1.29 is 4.79 Å². The average Bonchev–Trinajstić information content (AvgIpc) is 2.44. The Bertz CT molecular complexity index is 417. The van der Waals surface area contributed by atoms with Gasteiger partial charge < -0.3 is 10.6 Å². The Balaban J connectivity index is 2.53. The van der Waals surface area contributed by atoms with Crippen LogP contribution in [0.1, 0.15) is 39.3 Å². The van der Waals surface area contributed by atoms with Crippen LogP contribution in [0.15, 0.2) is 29.2 Å². The Morgan fingerprint density at radius 2 is 1.75 bits per heavy atom. The van der Waals surface area contributed by atoms with Crippen LogP contribution >= 0.6 is 11.8 Å². The first-order valence-corrected chi connectivity index (χ1v) is 8.03. The molecule has 1 aromatic carbocycles. The third-order valence-electron chi connectivity index (χ3n) is 3.18. The van der Waals surface area contributed by atoms with E-state index in [2.05, 4.69) is 55.7 Å². The van der Waals surface area contributed by atoms with E-state index < -0.39 is 0 Å². The Hall–Kier alpha value is -1.00. The molecular formula is C16H26N2OS. The predicted octanol–water partition coefficient (Wildman–Crippen LogP) is 3.22. The summed E-state index contributed by atoms with van der Waals surface area (Å²) in [4.78, 5) is 13.1. The maximum absolute atomic E-state index is 11.9. The molecule has 2 atom stereocenters. The third-order valence-corrected chi connectivity index (χ3v) is 4.29. The fraction of sp³-hybridized carbons (Fsp3) is 0.562. The summed E-state index contributed by atoms with van der Waals surface area (Å²) in [5, 5.41) is 6.12. The summed E-state index contributed by atoms with van der Waals surface area (Å²) in [5.41, 5.74) is 1.26. The van der Waals surface area contributed by atoms with Crippen LogP contribution in [0.25, 0.3) is 0 Å². The molecule has 0 saturated carbocycles. The average molecular weight is 294 g/mol. The van der Waals surface area contributed by atoms with E-state index in [0.717, 1.165) is 11.4 Å². The lowest BCUT2D eigenvalue weighted by Crippen LogP contribution is -2.33. The Kier molecular flexibility index (Phi) is 7.10. The number of hydrogen-bond donors (Lipinski definition) is 2. The van der Waals surface area contributed by atoms with Crippen LogP contribution in [-0.4, -0.2) is 24.7 Å². The highest BCUT2D eigenvalue weighted by atomic mass is 32.2. The SMILES string of the molecule is CNC(C)c1ccc(SC(C)C(=O)NCC(C)C)cc1. The Morgan fingerprint density at radius 3 is 2.25 bits per heavy atom. The maximum atomic E-state index is 11.9. The topological polar surface area (TPSA) is 41.1 Å². The number of carbonyl (C=O) groups is 1. The summed E-state index contributed by atoms with van der Waals surface area (Å²) in [5.74, 6) is 0.592. The van der Waals surface area contributed by atoms with Crippen LogP contribution in [0, 0.1) is 5.92 Å². The van der Waals surface area contributed by atoms with Gasteiger partial charge in [-0.2, -0.15) is 0 Å². The highest BCUT2D eigenvalue weighted by molar-refractivity contribution is 8.00. The maximum Gasteiger partial charge on any atom is 0.233 e. The van der Waals surface area contributed by atoms with Gasteiger partial charge in [-0.05, 0) is 44.5 Å².